The van der Waals surface area contributed by atoms with Gasteiger partial charge in [-0.05, 0) is 17.6 Å². The Kier molecular flexibility index (Phi) is 1.17. The van der Waals surface area contributed by atoms with Crippen molar-refractivity contribution in [1.29, 1.82) is 0 Å². The smallest absolute Gasteiger partial charge is 0.142 e. The molecule has 0 fully saturated rings. The van der Waals surface area contributed by atoms with Gasteiger partial charge in [0.25, 0.3) is 0 Å². The Morgan fingerprint density at radius 3 is 3.10 bits per heavy atom. The van der Waals surface area contributed by atoms with Crippen LogP contribution in [0.15, 0.2) is 24.4 Å². The normalized spacial score (nSPS) is 10.5. The molecule has 1 aromatic carbocycles. The lowest BCUT2D eigenvalue weighted by Gasteiger charge is -1.86. The molecular weight excluding hydrogens is 149 g/mol. The number of fused-ring (bicyclic) bond motifs is 1. The third-order valence-corrected chi connectivity index (χ3v) is 2.16. The predicted molar refractivity (Wildman–Crippen MR) is 39.6 cm³/mol. The Hall–Kier alpha value is -0.960. The van der Waals surface area contributed by atoms with Crippen molar-refractivity contribution < 1.29 is 4.39 Å². The van der Waals surface area contributed by atoms with E-state index in [2.05, 4.69) is 4.37 Å². The van der Waals surface area contributed by atoms with Crippen molar-refractivity contribution in [3.63, 3.8) is 0 Å². The number of nitrogens with zero attached hydrogens (tertiary/aromatic N) is 1. The summed E-state index contributed by atoms with van der Waals surface area (Å²) >= 11 is 1.19. The van der Waals surface area contributed by atoms with E-state index in [1.54, 1.807) is 12.3 Å². The molecule has 1 heterocycles. The standard InChI is InChI=1S/C7H4FNS/c8-6-3-1-2-5-4-9-10-7(5)6/h1-4H. The van der Waals surface area contributed by atoms with Gasteiger partial charge >= 0.3 is 0 Å². The summed E-state index contributed by atoms with van der Waals surface area (Å²) in [6.45, 7) is 0. The zero-order valence-electron chi connectivity index (χ0n) is 5.04. The average molecular weight is 153 g/mol. The van der Waals surface area contributed by atoms with Gasteiger partial charge in [-0.1, -0.05) is 12.1 Å². The van der Waals surface area contributed by atoms with Crippen LogP contribution in [0.2, 0.25) is 0 Å². The maximum atomic E-state index is 12.8. The number of hydrogen-bond donors (Lipinski definition) is 0. The molecule has 0 saturated heterocycles. The van der Waals surface area contributed by atoms with E-state index >= 15 is 0 Å². The van der Waals surface area contributed by atoms with Crippen LogP contribution in [-0.2, 0) is 0 Å². The number of halogens is 1. The van der Waals surface area contributed by atoms with Crippen LogP contribution in [0, 0.1) is 5.82 Å². The Balaban J connectivity index is 2.95. The highest BCUT2D eigenvalue weighted by atomic mass is 32.1. The van der Waals surface area contributed by atoms with Gasteiger partial charge in [-0.2, -0.15) is 4.37 Å². The molecular formula is C7H4FNS. The predicted octanol–water partition coefficient (Wildman–Crippen LogP) is 2.44. The van der Waals surface area contributed by atoms with Gasteiger partial charge in [0.1, 0.15) is 5.82 Å². The maximum absolute atomic E-state index is 12.8. The fourth-order valence-electron chi connectivity index (χ4n) is 0.859. The molecule has 0 unspecified atom stereocenters. The first-order valence-electron chi connectivity index (χ1n) is 2.87. The first kappa shape index (κ1) is 5.80. The molecule has 0 spiro atoms. The second-order valence-corrected chi connectivity index (χ2v) is 2.79. The van der Waals surface area contributed by atoms with Gasteiger partial charge in [0.15, 0.2) is 0 Å². The minimum absolute atomic E-state index is 0.181. The Morgan fingerprint density at radius 1 is 1.40 bits per heavy atom. The zero-order valence-corrected chi connectivity index (χ0v) is 5.86. The van der Waals surface area contributed by atoms with Crippen molar-refractivity contribution in [3.05, 3.63) is 30.2 Å². The highest BCUT2D eigenvalue weighted by Crippen LogP contribution is 2.20. The molecule has 0 aliphatic carbocycles. The molecule has 0 radical (unpaired) electrons. The molecule has 50 valence electrons. The summed E-state index contributed by atoms with van der Waals surface area (Å²) in [5.74, 6) is -0.181. The lowest BCUT2D eigenvalue weighted by atomic mass is 10.3. The second-order valence-electron chi connectivity index (χ2n) is 1.98. The van der Waals surface area contributed by atoms with E-state index in [4.69, 9.17) is 0 Å². The van der Waals surface area contributed by atoms with Gasteiger partial charge < -0.3 is 0 Å². The molecule has 1 aromatic heterocycles. The number of benzene rings is 1. The van der Waals surface area contributed by atoms with E-state index in [1.165, 1.54) is 17.6 Å². The van der Waals surface area contributed by atoms with E-state index in [0.717, 1.165) is 5.39 Å². The van der Waals surface area contributed by atoms with Crippen molar-refractivity contribution in [2.24, 2.45) is 0 Å². The van der Waals surface area contributed by atoms with Crippen molar-refractivity contribution in [2.45, 2.75) is 0 Å². The van der Waals surface area contributed by atoms with Crippen LogP contribution in [0.1, 0.15) is 0 Å². The minimum Gasteiger partial charge on any atom is -0.205 e. The fourth-order valence-corrected chi connectivity index (χ4v) is 1.51. The van der Waals surface area contributed by atoms with Gasteiger partial charge in [0.05, 0.1) is 4.70 Å². The summed E-state index contributed by atoms with van der Waals surface area (Å²) < 4.78 is 17.3. The number of rotatable bonds is 0. The second kappa shape index (κ2) is 2.02. The number of aromatic nitrogens is 1. The molecule has 0 atom stereocenters. The van der Waals surface area contributed by atoms with Crippen LogP contribution in [0.4, 0.5) is 4.39 Å². The highest BCUT2D eigenvalue weighted by molar-refractivity contribution is 7.13. The van der Waals surface area contributed by atoms with Crippen LogP contribution < -0.4 is 0 Å². The largest absolute Gasteiger partial charge is 0.205 e. The van der Waals surface area contributed by atoms with Crippen LogP contribution in [-0.4, -0.2) is 4.37 Å². The lowest BCUT2D eigenvalue weighted by molar-refractivity contribution is 0.642. The Bertz CT molecular complexity index is 355. The molecule has 2 rings (SSSR count). The molecule has 0 aliphatic rings. The summed E-state index contributed by atoms with van der Waals surface area (Å²) in [5, 5.41) is 0.880. The Morgan fingerprint density at radius 2 is 2.30 bits per heavy atom. The van der Waals surface area contributed by atoms with Crippen molar-refractivity contribution >= 4 is 21.6 Å². The monoisotopic (exact) mass is 153 g/mol. The van der Waals surface area contributed by atoms with Crippen LogP contribution in [0.3, 0.4) is 0 Å². The van der Waals surface area contributed by atoms with Crippen molar-refractivity contribution in [3.8, 4) is 0 Å². The maximum Gasteiger partial charge on any atom is 0.142 e. The third-order valence-electron chi connectivity index (χ3n) is 1.33. The summed E-state index contributed by atoms with van der Waals surface area (Å²) in [5.41, 5.74) is 0. The lowest BCUT2D eigenvalue weighted by Crippen LogP contribution is -1.69. The topological polar surface area (TPSA) is 12.9 Å². The van der Waals surface area contributed by atoms with E-state index in [9.17, 15) is 4.39 Å². The molecule has 10 heavy (non-hydrogen) atoms. The molecule has 0 N–H and O–H groups in total. The van der Waals surface area contributed by atoms with Crippen LogP contribution in [0.25, 0.3) is 10.1 Å². The van der Waals surface area contributed by atoms with Gasteiger partial charge in [0.2, 0.25) is 0 Å². The van der Waals surface area contributed by atoms with Gasteiger partial charge in [0, 0.05) is 11.6 Å². The van der Waals surface area contributed by atoms with Crippen LogP contribution >= 0.6 is 11.5 Å². The number of hydrogen-bond acceptors (Lipinski definition) is 2. The molecule has 0 amide bonds. The highest BCUT2D eigenvalue weighted by Gasteiger charge is 1.99. The summed E-state index contributed by atoms with van der Waals surface area (Å²) in [6, 6.07) is 4.98. The SMILES string of the molecule is Fc1cccc2cnsc12. The van der Waals surface area contributed by atoms with E-state index < -0.39 is 0 Å². The minimum atomic E-state index is -0.181. The molecule has 0 saturated carbocycles. The van der Waals surface area contributed by atoms with E-state index in [0.29, 0.717) is 4.70 Å². The van der Waals surface area contributed by atoms with Gasteiger partial charge in [-0.15, -0.1) is 0 Å². The van der Waals surface area contributed by atoms with Gasteiger partial charge in [-0.25, -0.2) is 4.39 Å². The van der Waals surface area contributed by atoms with E-state index in [-0.39, 0.29) is 5.82 Å². The van der Waals surface area contributed by atoms with Crippen LogP contribution in [0.5, 0.6) is 0 Å². The summed E-state index contributed by atoms with van der Waals surface area (Å²) in [7, 11) is 0. The summed E-state index contributed by atoms with van der Waals surface area (Å²) in [6.07, 6.45) is 1.67. The Labute approximate surface area is 61.3 Å². The molecule has 2 aromatic rings. The molecule has 1 nitrogen and oxygen atoms in total. The first-order chi connectivity index (χ1) is 4.88. The molecule has 3 heteroatoms. The van der Waals surface area contributed by atoms with Gasteiger partial charge in [-0.3, -0.25) is 0 Å². The summed E-state index contributed by atoms with van der Waals surface area (Å²) in [4.78, 5) is 0. The third kappa shape index (κ3) is 0.708. The van der Waals surface area contributed by atoms with E-state index in [1.807, 2.05) is 6.07 Å². The quantitative estimate of drug-likeness (QED) is 0.566. The average Bonchev–Trinajstić information content (AvgIpc) is 2.36. The fraction of sp³-hybridized carbons (Fsp3) is 0. The molecule has 0 aliphatic heterocycles. The van der Waals surface area contributed by atoms with Crippen molar-refractivity contribution in [2.75, 3.05) is 0 Å². The molecule has 0 bridgehead atoms. The van der Waals surface area contributed by atoms with Crippen molar-refractivity contribution in [1.82, 2.24) is 4.37 Å². The zero-order chi connectivity index (χ0) is 6.97. The first-order valence-corrected chi connectivity index (χ1v) is 3.64.